The fourth-order valence-electron chi connectivity index (χ4n) is 3.64. The van der Waals surface area contributed by atoms with Crippen molar-refractivity contribution in [3.63, 3.8) is 0 Å². The maximum absolute atomic E-state index is 12.3. The number of phosphoric acid groups is 1. The van der Waals surface area contributed by atoms with Gasteiger partial charge in [-0.05, 0) is 12.8 Å². The molecule has 2 aliphatic rings. The average molecular weight is 469 g/mol. The Morgan fingerprint density at radius 2 is 2.06 bits per heavy atom. The molecule has 0 saturated carbocycles. The molecule has 14 heteroatoms. The summed E-state index contributed by atoms with van der Waals surface area (Å²) in [5.41, 5.74) is 0.638. The lowest BCUT2D eigenvalue weighted by Crippen LogP contribution is -2.41. The molecule has 0 aromatic carbocycles. The Hall–Kier alpha value is -2.44. The Bertz CT molecular complexity index is 1060. The second kappa shape index (κ2) is 9.20. The van der Waals surface area contributed by atoms with Crippen molar-refractivity contribution in [3.8, 4) is 0 Å². The van der Waals surface area contributed by atoms with Crippen LogP contribution in [0.1, 0.15) is 45.8 Å². The van der Waals surface area contributed by atoms with Crippen LogP contribution in [0.3, 0.4) is 0 Å². The predicted octanol–water partition coefficient (Wildman–Crippen LogP) is 1.69. The van der Waals surface area contributed by atoms with Gasteiger partial charge in [-0.3, -0.25) is 23.2 Å². The molecule has 2 saturated heterocycles. The van der Waals surface area contributed by atoms with Crippen LogP contribution in [-0.2, 0) is 32.7 Å². The normalized spacial score (nSPS) is 29.6. The molecule has 2 fully saturated rings. The smallest absolute Gasteiger partial charge is 0.455 e. The highest BCUT2D eigenvalue weighted by atomic mass is 31.2. The summed E-state index contributed by atoms with van der Waals surface area (Å²) in [7, 11) is -4.30. The number of fused-ring (bicyclic) bond motifs is 2. The zero-order valence-electron chi connectivity index (χ0n) is 17.5. The standard InChI is InChI=1S/C18H24N5O8P/c1-3-5-11(24)22-16-13-17(20-8-19-16)23(9-21-13)18-15(30-12(25)6-4-2)14-10(29-18)7-28-32(26,27)31-14/h8-10,14-15,18H,3-7H2,1-2H3,(H,26,27)(H,19,20,22,24)/t10-,14+,15-,18+/m1/s1. The van der Waals surface area contributed by atoms with E-state index in [1.54, 1.807) is 0 Å². The monoisotopic (exact) mass is 469 g/mol. The Labute approximate surface area is 183 Å². The van der Waals surface area contributed by atoms with E-state index in [0.29, 0.717) is 30.4 Å². The number of imidazole rings is 1. The number of carbonyl (C=O) groups is 2. The van der Waals surface area contributed by atoms with Gasteiger partial charge in [0.05, 0.1) is 12.9 Å². The van der Waals surface area contributed by atoms with Crippen molar-refractivity contribution >= 4 is 36.7 Å². The van der Waals surface area contributed by atoms with Crippen LogP contribution in [0.4, 0.5) is 5.82 Å². The Balaban J connectivity index is 1.68. The zero-order valence-corrected chi connectivity index (χ0v) is 18.4. The highest BCUT2D eigenvalue weighted by molar-refractivity contribution is 7.47. The molecule has 13 nitrogen and oxygen atoms in total. The Morgan fingerprint density at radius 3 is 2.81 bits per heavy atom. The third-order valence-electron chi connectivity index (χ3n) is 5.03. The number of phosphoric ester groups is 1. The summed E-state index contributed by atoms with van der Waals surface area (Å²) in [6.07, 6.45) is 0.639. The average Bonchev–Trinajstić information content (AvgIpc) is 3.30. The van der Waals surface area contributed by atoms with Crippen molar-refractivity contribution < 1.29 is 37.6 Å². The van der Waals surface area contributed by atoms with Crippen LogP contribution < -0.4 is 5.32 Å². The molecule has 0 aliphatic carbocycles. The van der Waals surface area contributed by atoms with Gasteiger partial charge in [-0.1, -0.05) is 13.8 Å². The first kappa shape index (κ1) is 22.7. The fraction of sp³-hybridized carbons (Fsp3) is 0.611. The minimum Gasteiger partial charge on any atom is -0.455 e. The van der Waals surface area contributed by atoms with Crippen molar-refractivity contribution in [3.05, 3.63) is 12.7 Å². The first-order chi connectivity index (χ1) is 15.3. The number of rotatable bonds is 7. The van der Waals surface area contributed by atoms with Crippen molar-refractivity contribution in [2.45, 2.75) is 64.1 Å². The second-order valence-electron chi connectivity index (χ2n) is 7.45. The van der Waals surface area contributed by atoms with Crippen molar-refractivity contribution in [1.82, 2.24) is 19.5 Å². The molecule has 0 spiro atoms. The number of aromatic nitrogens is 4. The number of nitrogens with one attached hydrogen (secondary N) is 1. The molecule has 0 radical (unpaired) electrons. The van der Waals surface area contributed by atoms with E-state index in [2.05, 4.69) is 20.3 Å². The number of ether oxygens (including phenoxy) is 2. The van der Waals surface area contributed by atoms with Gasteiger partial charge in [-0.15, -0.1) is 0 Å². The van der Waals surface area contributed by atoms with E-state index in [9.17, 15) is 19.0 Å². The summed E-state index contributed by atoms with van der Waals surface area (Å²) in [6, 6.07) is 0. The number of carbonyl (C=O) groups excluding carboxylic acids is 2. The van der Waals surface area contributed by atoms with Gasteiger partial charge in [-0.25, -0.2) is 19.5 Å². The number of anilines is 1. The molecule has 2 N–H and O–H groups in total. The summed E-state index contributed by atoms with van der Waals surface area (Å²) in [6.45, 7) is 3.50. The quantitative estimate of drug-likeness (QED) is 0.448. The molecule has 0 bridgehead atoms. The second-order valence-corrected chi connectivity index (χ2v) is 8.85. The minimum absolute atomic E-state index is 0.161. The lowest BCUT2D eigenvalue weighted by molar-refractivity contribution is -0.158. The van der Waals surface area contributed by atoms with E-state index in [4.69, 9.17) is 18.5 Å². The lowest BCUT2D eigenvalue weighted by atomic mass is 10.1. The van der Waals surface area contributed by atoms with E-state index in [0.717, 1.165) is 0 Å². The fourth-order valence-corrected chi connectivity index (χ4v) is 4.60. The largest absolute Gasteiger partial charge is 0.472 e. The van der Waals surface area contributed by atoms with Gasteiger partial charge < -0.3 is 19.7 Å². The van der Waals surface area contributed by atoms with Crippen molar-refractivity contribution in [1.29, 1.82) is 0 Å². The topological polar surface area (TPSA) is 164 Å². The van der Waals surface area contributed by atoms with E-state index in [-0.39, 0.29) is 24.8 Å². The molecule has 174 valence electrons. The molecule has 32 heavy (non-hydrogen) atoms. The first-order valence-electron chi connectivity index (χ1n) is 10.3. The Morgan fingerprint density at radius 1 is 1.28 bits per heavy atom. The number of hydrogen-bond donors (Lipinski definition) is 2. The lowest BCUT2D eigenvalue weighted by Gasteiger charge is -2.29. The number of amides is 1. The molecule has 5 atom stereocenters. The molecule has 4 heterocycles. The van der Waals surface area contributed by atoms with E-state index >= 15 is 0 Å². The Kier molecular flexibility index (Phi) is 6.54. The number of nitrogens with zero attached hydrogens (tertiary/aromatic N) is 4. The summed E-state index contributed by atoms with van der Waals surface area (Å²) >= 11 is 0. The van der Waals surface area contributed by atoms with Gasteiger partial charge in [0.25, 0.3) is 0 Å². The maximum atomic E-state index is 12.3. The van der Waals surface area contributed by atoms with E-state index < -0.39 is 38.3 Å². The minimum atomic E-state index is -4.30. The first-order valence-corrected chi connectivity index (χ1v) is 11.8. The molecule has 1 unspecified atom stereocenters. The summed E-state index contributed by atoms with van der Waals surface area (Å²) < 4.78 is 35.1. The highest BCUT2D eigenvalue weighted by Gasteiger charge is 2.55. The molecule has 2 aromatic rings. The van der Waals surface area contributed by atoms with Gasteiger partial charge in [0.15, 0.2) is 29.3 Å². The molecular weight excluding hydrogens is 445 g/mol. The third kappa shape index (κ3) is 4.52. The van der Waals surface area contributed by atoms with Gasteiger partial charge in [0.1, 0.15) is 18.5 Å². The van der Waals surface area contributed by atoms with Crippen LogP contribution in [0.25, 0.3) is 11.2 Å². The number of hydrogen-bond acceptors (Lipinski definition) is 10. The summed E-state index contributed by atoms with van der Waals surface area (Å²) in [5, 5.41) is 2.70. The van der Waals surface area contributed by atoms with Gasteiger partial charge in [0.2, 0.25) is 5.91 Å². The highest BCUT2D eigenvalue weighted by Crippen LogP contribution is 2.53. The van der Waals surface area contributed by atoms with Crippen molar-refractivity contribution in [2.24, 2.45) is 0 Å². The predicted molar refractivity (Wildman–Crippen MR) is 108 cm³/mol. The molecule has 4 rings (SSSR count). The summed E-state index contributed by atoms with van der Waals surface area (Å²) in [5.74, 6) is -0.469. The van der Waals surface area contributed by atoms with E-state index in [1.165, 1.54) is 17.2 Å². The maximum Gasteiger partial charge on any atom is 0.472 e. The van der Waals surface area contributed by atoms with Crippen molar-refractivity contribution in [2.75, 3.05) is 11.9 Å². The molecule has 2 aliphatic heterocycles. The van der Waals surface area contributed by atoms with Gasteiger partial charge >= 0.3 is 13.8 Å². The van der Waals surface area contributed by atoms with Gasteiger partial charge in [-0.2, -0.15) is 0 Å². The molecule has 1 amide bonds. The number of esters is 1. The van der Waals surface area contributed by atoms with Crippen LogP contribution in [0.5, 0.6) is 0 Å². The van der Waals surface area contributed by atoms with Gasteiger partial charge in [0, 0.05) is 12.8 Å². The van der Waals surface area contributed by atoms with Crippen LogP contribution >= 0.6 is 7.82 Å². The van der Waals surface area contributed by atoms with Crippen LogP contribution in [0.2, 0.25) is 0 Å². The van der Waals surface area contributed by atoms with Crippen LogP contribution in [-0.4, -0.2) is 61.2 Å². The van der Waals surface area contributed by atoms with E-state index in [1.807, 2.05) is 13.8 Å². The molecular formula is C18H24N5O8P. The zero-order chi connectivity index (χ0) is 22.9. The van der Waals surface area contributed by atoms with Crippen LogP contribution in [0, 0.1) is 0 Å². The third-order valence-corrected chi connectivity index (χ3v) is 6.02. The SMILES string of the molecule is CCCC(=O)Nc1ncnc2c1ncn2[C@H]1O[C@@H]2COP(=O)(O)O[C@@H]2[C@H]1OC(=O)CCC. The van der Waals surface area contributed by atoms with Crippen LogP contribution in [0.15, 0.2) is 12.7 Å². The summed E-state index contributed by atoms with van der Waals surface area (Å²) in [4.78, 5) is 46.7. The molecule has 2 aromatic heterocycles.